The van der Waals surface area contributed by atoms with Crippen molar-refractivity contribution < 1.29 is 4.39 Å². The van der Waals surface area contributed by atoms with E-state index in [0.29, 0.717) is 29.2 Å². The summed E-state index contributed by atoms with van der Waals surface area (Å²) in [7, 11) is 0. The molecule has 2 aromatic carbocycles. The van der Waals surface area contributed by atoms with Crippen LogP contribution < -0.4 is 10.2 Å². The van der Waals surface area contributed by atoms with E-state index in [1.807, 2.05) is 55.6 Å². The van der Waals surface area contributed by atoms with E-state index in [4.69, 9.17) is 9.98 Å². The van der Waals surface area contributed by atoms with Crippen molar-refractivity contribution in [2.45, 2.75) is 39.0 Å². The fourth-order valence-electron chi connectivity index (χ4n) is 5.59. The van der Waals surface area contributed by atoms with Crippen LogP contribution in [-0.4, -0.2) is 33.4 Å². The second-order valence-corrected chi connectivity index (χ2v) is 10.5. The first-order chi connectivity index (χ1) is 19.1. The number of benzene rings is 2. The van der Waals surface area contributed by atoms with Gasteiger partial charge < -0.3 is 15.2 Å². The lowest BCUT2D eigenvalue weighted by molar-refractivity contribution is 0.626. The highest BCUT2D eigenvalue weighted by Gasteiger charge is 2.43. The van der Waals surface area contributed by atoms with Crippen molar-refractivity contribution in [1.29, 1.82) is 0 Å². The first-order valence-corrected chi connectivity index (χ1v) is 13.4. The Morgan fingerprint density at radius 2 is 1.90 bits per heavy atom. The zero-order valence-electron chi connectivity index (χ0n) is 21.9. The van der Waals surface area contributed by atoms with Gasteiger partial charge in [0.1, 0.15) is 17.7 Å². The number of hydrogen-bond donors (Lipinski definition) is 2. The number of rotatable bonds is 6. The standard InChI is InChI=1S/C32H29FN6/c1-19-8-6-7-11-24-30(19)38-32(36-24)31-28-25(39-18-26(39)37-31)12-20(2)27(29(28)33)23-13-22(16-35-17-23)15-34-14-21-9-4-3-5-10-21/h3-13,16-17,19,26,34H,14-15,18H2,1-2H3,(H,36,38). The number of hydrogen-bond acceptors (Lipinski definition) is 5. The molecule has 1 saturated heterocycles. The van der Waals surface area contributed by atoms with Gasteiger partial charge in [-0.25, -0.2) is 9.37 Å². The van der Waals surface area contributed by atoms with Gasteiger partial charge in [-0.2, -0.15) is 0 Å². The molecule has 0 saturated carbocycles. The maximum Gasteiger partial charge on any atom is 0.157 e. The lowest BCUT2D eigenvalue weighted by Gasteiger charge is -2.21. The molecule has 39 heavy (non-hydrogen) atoms. The average Bonchev–Trinajstić information content (AvgIpc) is 3.65. The van der Waals surface area contributed by atoms with Gasteiger partial charge >= 0.3 is 0 Å². The molecule has 7 rings (SSSR count). The van der Waals surface area contributed by atoms with E-state index in [9.17, 15) is 0 Å². The summed E-state index contributed by atoms with van der Waals surface area (Å²) in [5.74, 6) is 0.519. The molecule has 2 aromatic heterocycles. The van der Waals surface area contributed by atoms with Crippen LogP contribution in [0.1, 0.15) is 52.3 Å². The van der Waals surface area contributed by atoms with Crippen LogP contribution in [0.4, 0.5) is 10.1 Å². The fraction of sp³-hybridized carbons (Fsp3) is 0.219. The number of allylic oxidation sites excluding steroid dienone is 3. The number of aromatic amines is 1. The third-order valence-electron chi connectivity index (χ3n) is 7.64. The maximum absolute atomic E-state index is 16.6. The Morgan fingerprint density at radius 1 is 1.05 bits per heavy atom. The maximum atomic E-state index is 16.6. The topological polar surface area (TPSA) is 69.0 Å². The Bertz CT molecular complexity index is 1670. The summed E-state index contributed by atoms with van der Waals surface area (Å²) in [6, 6.07) is 14.4. The van der Waals surface area contributed by atoms with E-state index >= 15 is 4.39 Å². The quantitative estimate of drug-likeness (QED) is 0.314. The summed E-state index contributed by atoms with van der Waals surface area (Å²) in [6.07, 6.45) is 11.7. The van der Waals surface area contributed by atoms with Gasteiger partial charge in [-0.05, 0) is 41.8 Å². The van der Waals surface area contributed by atoms with E-state index in [0.717, 1.165) is 46.9 Å². The Hall–Kier alpha value is -4.36. The van der Waals surface area contributed by atoms with Crippen LogP contribution in [0.5, 0.6) is 0 Å². The van der Waals surface area contributed by atoms with E-state index in [-0.39, 0.29) is 17.9 Å². The van der Waals surface area contributed by atoms with E-state index in [2.05, 4.69) is 51.4 Å². The molecule has 0 spiro atoms. The highest BCUT2D eigenvalue weighted by Crippen LogP contribution is 2.43. The number of aromatic nitrogens is 3. The molecule has 0 amide bonds. The first kappa shape index (κ1) is 23.7. The van der Waals surface area contributed by atoms with Crippen molar-refractivity contribution in [3.8, 4) is 11.1 Å². The molecule has 0 bridgehead atoms. The van der Waals surface area contributed by atoms with Crippen molar-refractivity contribution >= 4 is 17.5 Å². The predicted octanol–water partition coefficient (Wildman–Crippen LogP) is 5.89. The van der Waals surface area contributed by atoms with Gasteiger partial charge in [-0.15, -0.1) is 0 Å². The molecule has 2 N–H and O–H groups in total. The van der Waals surface area contributed by atoms with Crippen LogP contribution >= 0.6 is 0 Å². The molecule has 7 heteroatoms. The van der Waals surface area contributed by atoms with Crippen LogP contribution in [0.15, 0.2) is 78.1 Å². The molecule has 4 heterocycles. The van der Waals surface area contributed by atoms with Gasteiger partial charge in [-0.1, -0.05) is 55.5 Å². The number of anilines is 1. The SMILES string of the molecule is Cc1cc2c(c(F)c1-c1cncc(CNCc3ccccc3)c1)C(c1nc3c([nH]1)C(C)C=CC=C3)=NC1CN21. The molecular formula is C32H29FN6. The smallest absolute Gasteiger partial charge is 0.157 e. The fourth-order valence-corrected chi connectivity index (χ4v) is 5.59. The molecule has 3 aliphatic rings. The summed E-state index contributed by atoms with van der Waals surface area (Å²) in [4.78, 5) is 19.8. The molecular weight excluding hydrogens is 487 g/mol. The molecule has 2 aliphatic heterocycles. The summed E-state index contributed by atoms with van der Waals surface area (Å²) < 4.78 is 16.6. The van der Waals surface area contributed by atoms with Crippen molar-refractivity contribution in [3.05, 3.63) is 118 Å². The largest absolute Gasteiger partial charge is 0.344 e. The third-order valence-corrected chi connectivity index (χ3v) is 7.64. The van der Waals surface area contributed by atoms with E-state index in [1.165, 1.54) is 5.56 Å². The number of fused-ring (bicyclic) bond motifs is 4. The number of aliphatic imine (C=N–C) groups is 1. The molecule has 2 atom stereocenters. The lowest BCUT2D eigenvalue weighted by Crippen LogP contribution is -2.20. The van der Waals surface area contributed by atoms with E-state index in [1.54, 1.807) is 6.20 Å². The number of nitrogens with zero attached hydrogens (tertiary/aromatic N) is 4. The number of H-pyrrole nitrogens is 1. The Labute approximate surface area is 227 Å². The highest BCUT2D eigenvalue weighted by atomic mass is 19.1. The summed E-state index contributed by atoms with van der Waals surface area (Å²) in [5.41, 5.74) is 8.29. The second-order valence-electron chi connectivity index (χ2n) is 10.5. The van der Waals surface area contributed by atoms with Crippen LogP contribution in [0.3, 0.4) is 0 Å². The summed E-state index contributed by atoms with van der Waals surface area (Å²) >= 11 is 0. The summed E-state index contributed by atoms with van der Waals surface area (Å²) in [6.45, 7) is 6.28. The summed E-state index contributed by atoms with van der Waals surface area (Å²) in [5, 5.41) is 3.47. The van der Waals surface area contributed by atoms with Gasteiger partial charge in [0.15, 0.2) is 5.82 Å². The van der Waals surface area contributed by atoms with Crippen LogP contribution in [0, 0.1) is 12.7 Å². The number of halogens is 1. The minimum atomic E-state index is -0.277. The average molecular weight is 517 g/mol. The van der Waals surface area contributed by atoms with Crippen LogP contribution in [0.25, 0.3) is 17.2 Å². The lowest BCUT2D eigenvalue weighted by atomic mass is 9.93. The normalized spacial score (nSPS) is 18.7. The number of pyridine rings is 1. The Morgan fingerprint density at radius 3 is 2.77 bits per heavy atom. The van der Waals surface area contributed by atoms with Gasteiger partial charge in [0.05, 0.1) is 23.5 Å². The predicted molar refractivity (Wildman–Crippen MR) is 153 cm³/mol. The number of nitrogens with one attached hydrogen (secondary N) is 2. The zero-order valence-corrected chi connectivity index (χ0v) is 21.9. The van der Waals surface area contributed by atoms with Gasteiger partial charge in [0, 0.05) is 48.2 Å². The van der Waals surface area contributed by atoms with Crippen LogP contribution in [-0.2, 0) is 13.1 Å². The molecule has 1 aliphatic carbocycles. The molecule has 6 nitrogen and oxygen atoms in total. The first-order valence-electron chi connectivity index (χ1n) is 13.4. The minimum Gasteiger partial charge on any atom is -0.344 e. The van der Waals surface area contributed by atoms with Crippen molar-refractivity contribution in [1.82, 2.24) is 20.3 Å². The third kappa shape index (κ3) is 4.29. The van der Waals surface area contributed by atoms with Crippen molar-refractivity contribution in [2.24, 2.45) is 4.99 Å². The molecule has 2 unspecified atom stereocenters. The second kappa shape index (κ2) is 9.43. The Kier molecular flexibility index (Phi) is 5.74. The van der Waals surface area contributed by atoms with Gasteiger partial charge in [0.25, 0.3) is 0 Å². The molecule has 4 aromatic rings. The van der Waals surface area contributed by atoms with Gasteiger partial charge in [0.2, 0.25) is 0 Å². The minimum absolute atomic E-state index is 0.0376. The molecule has 194 valence electrons. The van der Waals surface area contributed by atoms with Crippen LogP contribution in [0.2, 0.25) is 0 Å². The monoisotopic (exact) mass is 516 g/mol. The van der Waals surface area contributed by atoms with Crippen molar-refractivity contribution in [3.63, 3.8) is 0 Å². The molecule has 1 fully saturated rings. The highest BCUT2D eigenvalue weighted by molar-refractivity contribution is 6.17. The Balaban J connectivity index is 1.24. The van der Waals surface area contributed by atoms with E-state index < -0.39 is 0 Å². The van der Waals surface area contributed by atoms with Crippen molar-refractivity contribution in [2.75, 3.05) is 11.4 Å². The van der Waals surface area contributed by atoms with Gasteiger partial charge in [-0.3, -0.25) is 9.98 Å². The molecule has 0 radical (unpaired) electrons. The number of aryl methyl sites for hydroxylation is 1. The zero-order chi connectivity index (χ0) is 26.5. The number of imidazole rings is 1.